The molecular formula is C76H130O6. The summed E-state index contributed by atoms with van der Waals surface area (Å²) in [5.74, 6) is -0.942. The lowest BCUT2D eigenvalue weighted by Crippen LogP contribution is -2.30. The summed E-state index contributed by atoms with van der Waals surface area (Å²) < 4.78 is 16.9. The molecule has 0 aliphatic rings. The van der Waals surface area contributed by atoms with Gasteiger partial charge in [0.1, 0.15) is 13.2 Å². The maximum atomic E-state index is 12.9. The minimum atomic E-state index is -0.806. The van der Waals surface area contributed by atoms with Crippen molar-refractivity contribution in [2.45, 2.75) is 341 Å². The largest absolute Gasteiger partial charge is 0.462 e. The van der Waals surface area contributed by atoms with Crippen LogP contribution in [0.15, 0.2) is 109 Å². The van der Waals surface area contributed by atoms with Gasteiger partial charge in [-0.3, -0.25) is 14.4 Å². The third-order valence-corrected chi connectivity index (χ3v) is 15.0. The van der Waals surface area contributed by atoms with Crippen molar-refractivity contribution in [2.75, 3.05) is 13.2 Å². The summed E-state index contributed by atoms with van der Waals surface area (Å²) in [5, 5.41) is 0. The van der Waals surface area contributed by atoms with Crippen LogP contribution in [-0.4, -0.2) is 37.2 Å². The maximum absolute atomic E-state index is 12.9. The Morgan fingerprint density at radius 1 is 0.256 bits per heavy atom. The number of hydrogen-bond acceptors (Lipinski definition) is 6. The van der Waals surface area contributed by atoms with E-state index in [2.05, 4.69) is 130 Å². The molecule has 0 bridgehead atoms. The highest BCUT2D eigenvalue weighted by Crippen LogP contribution is 2.18. The molecule has 0 saturated carbocycles. The fraction of sp³-hybridized carbons (Fsp3) is 0.724. The summed E-state index contributed by atoms with van der Waals surface area (Å²) in [6, 6.07) is 0. The summed E-state index contributed by atoms with van der Waals surface area (Å²) in [6.45, 7) is 6.40. The lowest BCUT2D eigenvalue weighted by atomic mass is 10.0. The van der Waals surface area contributed by atoms with Crippen molar-refractivity contribution in [2.24, 2.45) is 0 Å². The average molecular weight is 1140 g/mol. The highest BCUT2D eigenvalue weighted by molar-refractivity contribution is 5.71. The van der Waals surface area contributed by atoms with E-state index in [0.29, 0.717) is 19.3 Å². The molecule has 0 N–H and O–H groups in total. The van der Waals surface area contributed by atoms with Crippen LogP contribution < -0.4 is 0 Å². The molecule has 0 amide bonds. The monoisotopic (exact) mass is 1140 g/mol. The Balaban J connectivity index is 4.31. The van der Waals surface area contributed by atoms with Gasteiger partial charge in [-0.2, -0.15) is 0 Å². The summed E-state index contributed by atoms with van der Waals surface area (Å²) >= 11 is 0. The van der Waals surface area contributed by atoms with Crippen molar-refractivity contribution in [3.63, 3.8) is 0 Å². The van der Waals surface area contributed by atoms with Gasteiger partial charge in [-0.25, -0.2) is 0 Å². The van der Waals surface area contributed by atoms with Gasteiger partial charge in [0.05, 0.1) is 0 Å². The lowest BCUT2D eigenvalue weighted by molar-refractivity contribution is -0.167. The standard InChI is InChI=1S/C76H130O6/c1-4-7-10-13-16-19-22-25-27-29-31-33-35-36-37-38-39-41-42-44-46-48-51-54-57-60-63-66-69-75(78)81-72-73(71-80-74(77)68-65-62-59-56-53-50-24-21-18-15-12-9-6-3)82-76(79)70-67-64-61-58-55-52-49-47-45-43-40-34-32-30-28-26-23-20-17-14-11-8-5-2/h8-9,11-12,17-18,20-21,26,28,32,34,43,45,49-50,52-53,73H,4-7,10,13-16,19,22-25,27,29-31,33,35-42,44,46-48,51,54-72H2,1-3H3/b11-8-,12-9-,20-17-,21-18-,28-26-,34-32-,45-43-,52-49-,53-50-. The Morgan fingerprint density at radius 3 is 0.756 bits per heavy atom. The van der Waals surface area contributed by atoms with Crippen molar-refractivity contribution in [3.8, 4) is 0 Å². The second-order valence-corrected chi connectivity index (χ2v) is 23.0. The van der Waals surface area contributed by atoms with E-state index in [1.807, 2.05) is 0 Å². The molecule has 0 spiro atoms. The molecule has 0 rings (SSSR count). The molecule has 6 heteroatoms. The number of hydrogen-bond donors (Lipinski definition) is 0. The fourth-order valence-electron chi connectivity index (χ4n) is 9.88. The molecule has 6 nitrogen and oxygen atoms in total. The van der Waals surface area contributed by atoms with Gasteiger partial charge >= 0.3 is 17.9 Å². The molecule has 0 aromatic heterocycles. The van der Waals surface area contributed by atoms with E-state index in [9.17, 15) is 14.4 Å². The van der Waals surface area contributed by atoms with Gasteiger partial charge in [-0.1, -0.05) is 323 Å². The van der Waals surface area contributed by atoms with Crippen LogP contribution in [0.1, 0.15) is 335 Å². The van der Waals surface area contributed by atoms with Gasteiger partial charge < -0.3 is 14.2 Å². The van der Waals surface area contributed by atoms with Gasteiger partial charge in [-0.15, -0.1) is 0 Å². The Morgan fingerprint density at radius 2 is 0.476 bits per heavy atom. The van der Waals surface area contributed by atoms with Crippen LogP contribution in [0.2, 0.25) is 0 Å². The number of carbonyl (C=O) groups excluding carboxylic acids is 3. The van der Waals surface area contributed by atoms with Crippen LogP contribution in [0.4, 0.5) is 0 Å². The van der Waals surface area contributed by atoms with E-state index < -0.39 is 6.10 Å². The Hall–Kier alpha value is -3.93. The minimum absolute atomic E-state index is 0.0969. The normalized spacial score (nSPS) is 12.8. The van der Waals surface area contributed by atoms with Gasteiger partial charge in [0, 0.05) is 19.3 Å². The quantitative estimate of drug-likeness (QED) is 0.0261. The summed E-state index contributed by atoms with van der Waals surface area (Å²) in [4.78, 5) is 38.4. The number of ether oxygens (including phenoxy) is 3. The molecule has 1 atom stereocenters. The second-order valence-electron chi connectivity index (χ2n) is 23.0. The van der Waals surface area contributed by atoms with Crippen molar-refractivity contribution in [3.05, 3.63) is 109 Å². The number of unbranched alkanes of at least 4 members (excludes halogenated alkanes) is 34. The Kier molecular flexibility index (Phi) is 66.2. The zero-order valence-electron chi connectivity index (χ0n) is 54.0. The Labute approximate surface area is 508 Å². The SMILES string of the molecule is CC/C=C\C/C=C\C/C=C\C/C=C\C/C=C\C/C=C\CCCCCCC(=O)OC(COC(=O)CCCCC/C=C\C/C=C\C/C=C\CC)COC(=O)CCCCCCCCCCCCCCCCCCCCCCCCCCCCCC. The molecule has 0 aliphatic heterocycles. The smallest absolute Gasteiger partial charge is 0.306 e. The third-order valence-electron chi connectivity index (χ3n) is 15.0. The molecule has 0 aromatic carbocycles. The number of esters is 3. The van der Waals surface area contributed by atoms with E-state index >= 15 is 0 Å². The van der Waals surface area contributed by atoms with Crippen LogP contribution in [0.3, 0.4) is 0 Å². The predicted octanol–water partition coefficient (Wildman–Crippen LogP) is 24.2. The van der Waals surface area contributed by atoms with Gasteiger partial charge in [-0.05, 0) is 103 Å². The predicted molar refractivity (Wildman–Crippen MR) is 357 cm³/mol. The summed E-state index contributed by atoms with van der Waals surface area (Å²) in [7, 11) is 0. The number of rotatable bonds is 63. The van der Waals surface area contributed by atoms with Gasteiger partial charge in [0.25, 0.3) is 0 Å². The van der Waals surface area contributed by atoms with Crippen molar-refractivity contribution in [1.82, 2.24) is 0 Å². The molecule has 0 aromatic rings. The molecule has 0 heterocycles. The van der Waals surface area contributed by atoms with Crippen LogP contribution in [0.25, 0.3) is 0 Å². The zero-order chi connectivity index (χ0) is 59.2. The van der Waals surface area contributed by atoms with E-state index in [0.717, 1.165) is 135 Å². The summed E-state index contributed by atoms with van der Waals surface area (Å²) in [5.41, 5.74) is 0. The highest BCUT2D eigenvalue weighted by atomic mass is 16.6. The molecule has 1 unspecified atom stereocenters. The number of carbonyl (C=O) groups is 3. The van der Waals surface area contributed by atoms with Crippen LogP contribution in [0.5, 0.6) is 0 Å². The van der Waals surface area contributed by atoms with E-state index in [-0.39, 0.29) is 31.1 Å². The van der Waals surface area contributed by atoms with Crippen LogP contribution in [0, 0.1) is 0 Å². The highest BCUT2D eigenvalue weighted by Gasteiger charge is 2.19. The Bertz CT molecular complexity index is 1640. The molecule has 82 heavy (non-hydrogen) atoms. The molecule has 0 aliphatic carbocycles. The van der Waals surface area contributed by atoms with E-state index in [4.69, 9.17) is 14.2 Å². The van der Waals surface area contributed by atoms with Crippen LogP contribution in [-0.2, 0) is 28.6 Å². The molecule has 0 radical (unpaired) electrons. The topological polar surface area (TPSA) is 78.9 Å². The average Bonchev–Trinajstić information content (AvgIpc) is 3.47. The first kappa shape index (κ1) is 78.1. The fourth-order valence-corrected chi connectivity index (χ4v) is 9.88. The van der Waals surface area contributed by atoms with E-state index in [1.165, 1.54) is 161 Å². The first-order chi connectivity index (χ1) is 40.5. The first-order valence-electron chi connectivity index (χ1n) is 34.9. The first-order valence-corrected chi connectivity index (χ1v) is 34.9. The number of allylic oxidation sites excluding steroid dienone is 18. The molecular weight excluding hydrogens is 1010 g/mol. The lowest BCUT2D eigenvalue weighted by Gasteiger charge is -2.18. The second kappa shape index (κ2) is 69.6. The van der Waals surface area contributed by atoms with Crippen molar-refractivity contribution >= 4 is 17.9 Å². The summed E-state index contributed by atoms with van der Waals surface area (Å²) in [6.07, 6.45) is 95.6. The van der Waals surface area contributed by atoms with Crippen molar-refractivity contribution in [1.29, 1.82) is 0 Å². The van der Waals surface area contributed by atoms with Gasteiger partial charge in [0.15, 0.2) is 6.10 Å². The zero-order valence-corrected chi connectivity index (χ0v) is 54.0. The van der Waals surface area contributed by atoms with Crippen LogP contribution >= 0.6 is 0 Å². The third kappa shape index (κ3) is 66.9. The molecule has 0 fully saturated rings. The van der Waals surface area contributed by atoms with Gasteiger partial charge in [0.2, 0.25) is 0 Å². The molecule has 470 valence electrons. The van der Waals surface area contributed by atoms with E-state index in [1.54, 1.807) is 0 Å². The van der Waals surface area contributed by atoms with Crippen molar-refractivity contribution < 1.29 is 28.6 Å². The minimum Gasteiger partial charge on any atom is -0.462 e. The molecule has 0 saturated heterocycles. The maximum Gasteiger partial charge on any atom is 0.306 e.